The molecule has 2 N–H and O–H groups in total. The van der Waals surface area contributed by atoms with E-state index in [4.69, 9.17) is 4.74 Å². The van der Waals surface area contributed by atoms with E-state index in [2.05, 4.69) is 15.4 Å². The number of rotatable bonds is 7. The Hall–Kier alpha value is -2.57. The molecule has 24 heavy (non-hydrogen) atoms. The van der Waals surface area contributed by atoms with Gasteiger partial charge in [-0.05, 0) is 43.0 Å². The summed E-state index contributed by atoms with van der Waals surface area (Å²) in [4.78, 5) is 35.4. The lowest BCUT2D eigenvalue weighted by Gasteiger charge is -2.16. The van der Waals surface area contributed by atoms with Gasteiger partial charge in [0.15, 0.2) is 0 Å². The Morgan fingerprint density at radius 2 is 2.04 bits per heavy atom. The summed E-state index contributed by atoms with van der Waals surface area (Å²) in [6.07, 6.45) is 1.78. The number of ether oxygens (including phenoxy) is 2. The van der Waals surface area contributed by atoms with Gasteiger partial charge >= 0.3 is 11.9 Å². The van der Waals surface area contributed by atoms with E-state index in [1.54, 1.807) is 6.07 Å². The maximum absolute atomic E-state index is 12.4. The molecule has 1 atom stereocenters. The lowest BCUT2D eigenvalue weighted by Crippen LogP contribution is -2.41. The van der Waals surface area contributed by atoms with Crippen molar-refractivity contribution < 1.29 is 23.9 Å². The molecule has 1 aliphatic rings. The highest BCUT2D eigenvalue weighted by Crippen LogP contribution is 2.23. The maximum atomic E-state index is 12.4. The molecule has 0 saturated carbocycles. The van der Waals surface area contributed by atoms with Gasteiger partial charge in [0.25, 0.3) is 5.91 Å². The molecule has 0 saturated heterocycles. The van der Waals surface area contributed by atoms with Crippen molar-refractivity contribution in [3.05, 3.63) is 29.3 Å². The molecule has 7 nitrogen and oxygen atoms in total. The van der Waals surface area contributed by atoms with Crippen molar-refractivity contribution in [3.8, 4) is 0 Å². The first kappa shape index (κ1) is 17.8. The van der Waals surface area contributed by atoms with Gasteiger partial charge in [-0.25, -0.2) is 4.79 Å². The Morgan fingerprint density at radius 1 is 1.25 bits per heavy atom. The highest BCUT2D eigenvalue weighted by molar-refractivity contribution is 5.97. The van der Waals surface area contributed by atoms with E-state index in [0.29, 0.717) is 18.4 Å². The Labute approximate surface area is 140 Å². The van der Waals surface area contributed by atoms with Crippen LogP contribution in [0.2, 0.25) is 0 Å². The summed E-state index contributed by atoms with van der Waals surface area (Å²) in [5.41, 5.74) is 2.62. The van der Waals surface area contributed by atoms with E-state index < -0.39 is 12.0 Å². The predicted molar refractivity (Wildman–Crippen MR) is 87.8 cm³/mol. The van der Waals surface area contributed by atoms with Gasteiger partial charge in [0, 0.05) is 24.2 Å². The van der Waals surface area contributed by atoms with Crippen molar-refractivity contribution in [2.24, 2.45) is 0 Å². The molecule has 0 unspecified atom stereocenters. The molecular formula is C17H22N2O5. The largest absolute Gasteiger partial charge is 0.469 e. The average molecular weight is 334 g/mol. The zero-order chi connectivity index (χ0) is 17.5. The van der Waals surface area contributed by atoms with Crippen LogP contribution in [0.1, 0.15) is 35.2 Å². The Bertz CT molecular complexity index is 629. The Balaban J connectivity index is 1.98. The summed E-state index contributed by atoms with van der Waals surface area (Å²) in [6, 6.07) is 4.61. The van der Waals surface area contributed by atoms with Gasteiger partial charge in [-0.2, -0.15) is 0 Å². The normalized spacial score (nSPS) is 13.4. The molecule has 0 bridgehead atoms. The summed E-state index contributed by atoms with van der Waals surface area (Å²) in [6.45, 7) is 0.860. The van der Waals surface area contributed by atoms with Crippen LogP contribution >= 0.6 is 0 Å². The number of carbonyl (C=O) groups excluding carboxylic acids is 3. The van der Waals surface area contributed by atoms with Crippen molar-refractivity contribution in [1.82, 2.24) is 5.32 Å². The Morgan fingerprint density at radius 3 is 2.75 bits per heavy atom. The minimum atomic E-state index is -0.793. The summed E-state index contributed by atoms with van der Waals surface area (Å²) in [7, 11) is 2.58. The Kier molecular flexibility index (Phi) is 6.17. The lowest BCUT2D eigenvalue weighted by molar-refractivity contribution is -0.144. The third-order valence-corrected chi connectivity index (χ3v) is 3.97. The predicted octanol–water partition coefficient (Wildman–Crippen LogP) is 1.27. The molecule has 1 heterocycles. The third kappa shape index (κ3) is 4.47. The quantitative estimate of drug-likeness (QED) is 0.729. The van der Waals surface area contributed by atoms with Crippen molar-refractivity contribution in [2.75, 3.05) is 26.1 Å². The number of benzene rings is 1. The molecule has 2 rings (SSSR count). The van der Waals surface area contributed by atoms with Gasteiger partial charge in [0.05, 0.1) is 14.2 Å². The molecule has 1 amide bonds. The topological polar surface area (TPSA) is 93.7 Å². The van der Waals surface area contributed by atoms with Crippen LogP contribution in [0.25, 0.3) is 0 Å². The minimum absolute atomic E-state index is 0.185. The zero-order valence-electron chi connectivity index (χ0n) is 13.9. The fourth-order valence-electron chi connectivity index (χ4n) is 2.63. The van der Waals surface area contributed by atoms with E-state index in [9.17, 15) is 14.4 Å². The number of esters is 2. The van der Waals surface area contributed by atoms with Crippen LogP contribution in [0, 0.1) is 0 Å². The molecule has 0 aliphatic carbocycles. The first-order chi connectivity index (χ1) is 11.5. The molecule has 0 aromatic heterocycles. The van der Waals surface area contributed by atoms with Crippen LogP contribution < -0.4 is 10.6 Å². The highest BCUT2D eigenvalue weighted by atomic mass is 16.5. The van der Waals surface area contributed by atoms with Gasteiger partial charge in [-0.15, -0.1) is 0 Å². The number of nitrogens with one attached hydrogen (secondary N) is 2. The lowest BCUT2D eigenvalue weighted by atomic mass is 10.1. The van der Waals surface area contributed by atoms with Crippen molar-refractivity contribution >= 4 is 23.5 Å². The second-order valence-corrected chi connectivity index (χ2v) is 5.57. The van der Waals surface area contributed by atoms with Crippen molar-refractivity contribution in [2.45, 2.75) is 31.7 Å². The fraction of sp³-hybridized carbons (Fsp3) is 0.471. The first-order valence-electron chi connectivity index (χ1n) is 7.87. The molecule has 0 fully saturated rings. The molecule has 7 heteroatoms. The molecule has 1 aromatic carbocycles. The number of hydrogen-bond donors (Lipinski definition) is 2. The van der Waals surface area contributed by atoms with Crippen LogP contribution in [-0.2, 0) is 25.5 Å². The second kappa shape index (κ2) is 8.33. The second-order valence-electron chi connectivity index (χ2n) is 5.57. The number of hydrogen-bond acceptors (Lipinski definition) is 6. The highest BCUT2D eigenvalue weighted by Gasteiger charge is 2.23. The third-order valence-electron chi connectivity index (χ3n) is 3.97. The van der Waals surface area contributed by atoms with Gasteiger partial charge in [0.2, 0.25) is 0 Å². The number of amides is 1. The molecular weight excluding hydrogens is 312 g/mol. The zero-order valence-corrected chi connectivity index (χ0v) is 13.9. The average Bonchev–Trinajstić information content (AvgIpc) is 3.07. The SMILES string of the molecule is COC(=O)CCC[C@H](NC(=O)c1ccc2c(c1)CCN2)C(=O)OC. The van der Waals surface area contributed by atoms with Crippen LogP contribution in [0.4, 0.5) is 5.69 Å². The standard InChI is InChI=1S/C17H22N2O5/c1-23-15(20)5-3-4-14(17(22)24-2)19-16(21)12-6-7-13-11(10-12)8-9-18-13/h6-7,10,14,18H,3-5,8-9H2,1-2H3,(H,19,21)/t14-/m0/s1. The minimum Gasteiger partial charge on any atom is -0.469 e. The van der Waals surface area contributed by atoms with Gasteiger partial charge in [0.1, 0.15) is 6.04 Å². The summed E-state index contributed by atoms with van der Waals surface area (Å²) < 4.78 is 9.29. The number of fused-ring (bicyclic) bond motifs is 1. The molecule has 0 radical (unpaired) electrons. The first-order valence-corrected chi connectivity index (χ1v) is 7.87. The van der Waals surface area contributed by atoms with Crippen LogP contribution in [0.5, 0.6) is 0 Å². The molecule has 130 valence electrons. The number of carbonyl (C=O) groups is 3. The van der Waals surface area contributed by atoms with Gasteiger partial charge in [-0.1, -0.05) is 0 Å². The smallest absolute Gasteiger partial charge is 0.328 e. The number of anilines is 1. The van der Waals surface area contributed by atoms with Crippen LogP contribution in [-0.4, -0.2) is 44.7 Å². The van der Waals surface area contributed by atoms with Crippen molar-refractivity contribution in [3.63, 3.8) is 0 Å². The van der Waals surface area contributed by atoms with Gasteiger partial charge < -0.3 is 20.1 Å². The van der Waals surface area contributed by atoms with E-state index in [1.807, 2.05) is 12.1 Å². The van der Waals surface area contributed by atoms with E-state index >= 15 is 0 Å². The molecule has 0 spiro atoms. The van der Waals surface area contributed by atoms with Crippen molar-refractivity contribution in [1.29, 1.82) is 0 Å². The summed E-state index contributed by atoms with van der Waals surface area (Å²) in [5, 5.41) is 5.91. The van der Waals surface area contributed by atoms with Crippen LogP contribution in [0.3, 0.4) is 0 Å². The molecule has 1 aliphatic heterocycles. The summed E-state index contributed by atoms with van der Waals surface area (Å²) >= 11 is 0. The van der Waals surface area contributed by atoms with E-state index in [1.165, 1.54) is 14.2 Å². The van der Waals surface area contributed by atoms with E-state index in [0.717, 1.165) is 24.2 Å². The maximum Gasteiger partial charge on any atom is 0.328 e. The molecule has 1 aromatic rings. The monoisotopic (exact) mass is 334 g/mol. The fourth-order valence-corrected chi connectivity index (χ4v) is 2.63. The number of methoxy groups -OCH3 is 2. The van der Waals surface area contributed by atoms with Gasteiger partial charge in [-0.3, -0.25) is 9.59 Å². The summed E-state index contributed by atoms with van der Waals surface area (Å²) in [5.74, 6) is -1.22. The van der Waals surface area contributed by atoms with E-state index in [-0.39, 0.29) is 18.3 Å². The van der Waals surface area contributed by atoms with Crippen LogP contribution in [0.15, 0.2) is 18.2 Å².